The Morgan fingerprint density at radius 2 is 2.60 bits per heavy atom. The van der Waals surface area contributed by atoms with Crippen LogP contribution >= 0.6 is 24.3 Å². The summed E-state index contributed by atoms with van der Waals surface area (Å²) in [5.41, 5.74) is 4.87. The minimum absolute atomic E-state index is 0.348. The van der Waals surface area contributed by atoms with Gasteiger partial charge in [0.15, 0.2) is 5.82 Å². The molecule has 5 nitrogen and oxygen atoms in total. The number of nitrogens with zero attached hydrogens (tertiary/aromatic N) is 3. The van der Waals surface area contributed by atoms with Crippen LogP contribution in [-0.4, -0.2) is 15.6 Å². The Morgan fingerprint density at radius 3 is 3.00 bits per heavy atom. The van der Waals surface area contributed by atoms with Crippen molar-refractivity contribution in [3.05, 3.63) is 5.38 Å². The highest BCUT2D eigenvalue weighted by Gasteiger charge is 2.08. The van der Waals surface area contributed by atoms with Crippen LogP contribution in [0.25, 0.3) is 0 Å². The number of urea groups is 1. The van der Waals surface area contributed by atoms with Crippen molar-refractivity contribution < 1.29 is 4.79 Å². The van der Waals surface area contributed by atoms with Gasteiger partial charge in [0.2, 0.25) is 0 Å². The van der Waals surface area contributed by atoms with E-state index in [0.717, 1.165) is 15.8 Å². The predicted octanol–water partition coefficient (Wildman–Crippen LogP) is 0.268. The van der Waals surface area contributed by atoms with Gasteiger partial charge < -0.3 is 5.73 Å². The first-order valence-corrected chi connectivity index (χ1v) is 3.51. The van der Waals surface area contributed by atoms with E-state index >= 15 is 0 Å². The smallest absolute Gasteiger partial charge is 0.330 e. The SMILES string of the molecule is NC(=O)N(S)c1csnn1. The van der Waals surface area contributed by atoms with Gasteiger partial charge in [-0.1, -0.05) is 17.3 Å². The number of aromatic nitrogens is 2. The van der Waals surface area contributed by atoms with E-state index in [4.69, 9.17) is 5.73 Å². The average Bonchev–Trinajstić information content (AvgIpc) is 2.36. The van der Waals surface area contributed by atoms with Gasteiger partial charge in [-0.05, 0) is 11.5 Å². The number of thiol groups is 1. The van der Waals surface area contributed by atoms with E-state index in [9.17, 15) is 4.79 Å². The molecule has 2 N–H and O–H groups in total. The summed E-state index contributed by atoms with van der Waals surface area (Å²) in [7, 11) is 0. The molecular weight excluding hydrogens is 172 g/mol. The molecule has 0 spiro atoms. The first-order valence-electron chi connectivity index (χ1n) is 2.27. The Morgan fingerprint density at radius 1 is 1.90 bits per heavy atom. The molecule has 2 amide bonds. The molecule has 0 bridgehead atoms. The largest absolute Gasteiger partial charge is 0.350 e. The van der Waals surface area contributed by atoms with Crippen LogP contribution in [0.3, 0.4) is 0 Å². The summed E-state index contributed by atoms with van der Waals surface area (Å²) in [6.07, 6.45) is 0. The van der Waals surface area contributed by atoms with Crippen LogP contribution in [0.15, 0.2) is 5.38 Å². The highest BCUT2D eigenvalue weighted by Crippen LogP contribution is 2.12. The van der Waals surface area contributed by atoms with Crippen molar-refractivity contribution >= 4 is 36.2 Å². The molecule has 1 aromatic heterocycles. The van der Waals surface area contributed by atoms with Crippen molar-refractivity contribution in [3.63, 3.8) is 0 Å². The molecule has 0 radical (unpaired) electrons. The summed E-state index contributed by atoms with van der Waals surface area (Å²) in [5, 5.41) is 5.12. The molecule has 0 saturated heterocycles. The summed E-state index contributed by atoms with van der Waals surface area (Å²) in [5.74, 6) is 0.348. The number of nitrogens with two attached hydrogens (primary N) is 1. The standard InChI is InChI=1S/C3H4N4OS2/c4-3(8)7(9)2-1-10-6-5-2/h1,9H,(H2,4,8). The maximum Gasteiger partial charge on any atom is 0.330 e. The van der Waals surface area contributed by atoms with Crippen molar-refractivity contribution in [2.45, 2.75) is 0 Å². The number of anilines is 1. The van der Waals surface area contributed by atoms with Crippen molar-refractivity contribution in [2.24, 2.45) is 5.73 Å². The van der Waals surface area contributed by atoms with Crippen LogP contribution < -0.4 is 10.0 Å². The van der Waals surface area contributed by atoms with Crippen LogP contribution in [0.5, 0.6) is 0 Å². The molecule has 1 aromatic rings. The Balaban J connectivity index is 2.77. The fourth-order valence-corrected chi connectivity index (χ4v) is 0.965. The molecular formula is C3H4N4OS2. The zero-order valence-corrected chi connectivity index (χ0v) is 6.47. The lowest BCUT2D eigenvalue weighted by Crippen LogP contribution is -2.27. The van der Waals surface area contributed by atoms with Crippen LogP contribution in [0, 0.1) is 0 Å². The molecule has 7 heteroatoms. The van der Waals surface area contributed by atoms with E-state index in [1.807, 2.05) is 0 Å². The second-order valence-corrected chi connectivity index (χ2v) is 2.42. The van der Waals surface area contributed by atoms with Gasteiger partial charge in [0.05, 0.1) is 5.38 Å². The van der Waals surface area contributed by atoms with Gasteiger partial charge in [0.1, 0.15) is 0 Å². The molecule has 0 aliphatic rings. The summed E-state index contributed by atoms with van der Waals surface area (Å²) < 4.78 is 4.44. The fraction of sp³-hybridized carbons (Fsp3) is 0. The summed E-state index contributed by atoms with van der Waals surface area (Å²) >= 11 is 4.87. The van der Waals surface area contributed by atoms with Gasteiger partial charge in [0.25, 0.3) is 0 Å². The Kier molecular flexibility index (Phi) is 2.07. The van der Waals surface area contributed by atoms with Crippen molar-refractivity contribution in [1.29, 1.82) is 0 Å². The van der Waals surface area contributed by atoms with Crippen molar-refractivity contribution in [1.82, 2.24) is 9.59 Å². The normalized spacial score (nSPS) is 9.30. The van der Waals surface area contributed by atoms with E-state index in [1.54, 1.807) is 5.38 Å². The topological polar surface area (TPSA) is 72.1 Å². The lowest BCUT2D eigenvalue weighted by Gasteiger charge is -2.05. The Hall–Kier alpha value is -0.820. The third kappa shape index (κ3) is 1.36. The highest BCUT2D eigenvalue weighted by molar-refractivity contribution is 7.82. The molecule has 0 fully saturated rings. The quantitative estimate of drug-likeness (QED) is 0.603. The molecule has 0 aromatic carbocycles. The van der Waals surface area contributed by atoms with Gasteiger partial charge in [0, 0.05) is 0 Å². The maximum absolute atomic E-state index is 10.4. The number of hydrogen-bond acceptors (Lipinski definition) is 5. The number of rotatable bonds is 1. The maximum atomic E-state index is 10.4. The monoisotopic (exact) mass is 176 g/mol. The number of hydrogen-bond donors (Lipinski definition) is 2. The number of amides is 2. The van der Waals surface area contributed by atoms with Crippen LogP contribution in [-0.2, 0) is 0 Å². The minimum atomic E-state index is -0.670. The number of carbonyl (C=O) groups excluding carboxylic acids is 1. The summed E-state index contributed by atoms with van der Waals surface area (Å²) in [4.78, 5) is 10.4. The number of primary amides is 1. The van der Waals surface area contributed by atoms with E-state index in [0.29, 0.717) is 5.82 Å². The molecule has 1 rings (SSSR count). The third-order valence-corrected chi connectivity index (χ3v) is 1.67. The Labute approximate surface area is 66.5 Å². The minimum Gasteiger partial charge on any atom is -0.350 e. The van der Waals surface area contributed by atoms with Crippen molar-refractivity contribution in [2.75, 3.05) is 4.31 Å². The molecule has 0 saturated carbocycles. The molecule has 10 heavy (non-hydrogen) atoms. The first kappa shape index (κ1) is 7.29. The molecule has 0 atom stereocenters. The predicted molar refractivity (Wildman–Crippen MR) is 41.0 cm³/mol. The van der Waals surface area contributed by atoms with Gasteiger partial charge in [-0.2, -0.15) is 0 Å². The lowest BCUT2D eigenvalue weighted by atomic mass is 10.8. The summed E-state index contributed by atoms with van der Waals surface area (Å²) in [6, 6.07) is -0.670. The van der Waals surface area contributed by atoms with Crippen LogP contribution in [0.1, 0.15) is 0 Å². The Bertz CT molecular complexity index is 222. The van der Waals surface area contributed by atoms with Gasteiger partial charge in [-0.25, -0.2) is 9.10 Å². The first-order chi connectivity index (χ1) is 4.72. The second-order valence-electron chi connectivity index (χ2n) is 1.41. The number of carbonyl (C=O) groups is 1. The van der Waals surface area contributed by atoms with E-state index in [2.05, 4.69) is 22.4 Å². The van der Waals surface area contributed by atoms with Gasteiger partial charge >= 0.3 is 6.03 Å². The van der Waals surface area contributed by atoms with E-state index in [-0.39, 0.29) is 0 Å². The summed E-state index contributed by atoms with van der Waals surface area (Å²) in [6.45, 7) is 0. The van der Waals surface area contributed by atoms with Gasteiger partial charge in [-0.15, -0.1) is 5.10 Å². The molecule has 0 aliphatic carbocycles. The zero-order chi connectivity index (χ0) is 7.56. The fourth-order valence-electron chi connectivity index (χ4n) is 0.365. The highest BCUT2D eigenvalue weighted by atomic mass is 32.1. The average molecular weight is 176 g/mol. The van der Waals surface area contributed by atoms with Crippen LogP contribution in [0.4, 0.5) is 10.6 Å². The molecule has 54 valence electrons. The van der Waals surface area contributed by atoms with E-state index in [1.165, 1.54) is 0 Å². The zero-order valence-electron chi connectivity index (χ0n) is 4.76. The third-order valence-electron chi connectivity index (χ3n) is 0.774. The van der Waals surface area contributed by atoms with Crippen LogP contribution in [0.2, 0.25) is 0 Å². The van der Waals surface area contributed by atoms with Crippen molar-refractivity contribution in [3.8, 4) is 0 Å². The molecule has 1 heterocycles. The lowest BCUT2D eigenvalue weighted by molar-refractivity contribution is 0.257. The molecule has 0 unspecified atom stereocenters. The molecule has 0 aliphatic heterocycles. The van der Waals surface area contributed by atoms with Gasteiger partial charge in [-0.3, -0.25) is 0 Å². The van der Waals surface area contributed by atoms with E-state index < -0.39 is 6.03 Å². The second kappa shape index (κ2) is 2.84.